The van der Waals surface area contributed by atoms with E-state index in [0.29, 0.717) is 13.0 Å². The molecular weight excluding hydrogens is 430 g/mol. The number of carbonyl (C=O) groups excluding carboxylic acids is 1. The van der Waals surface area contributed by atoms with Gasteiger partial charge in [-0.1, -0.05) is 48.0 Å². The fourth-order valence-electron chi connectivity index (χ4n) is 3.47. The van der Waals surface area contributed by atoms with Crippen LogP contribution in [0.2, 0.25) is 0 Å². The Kier molecular flexibility index (Phi) is 7.71. The Bertz CT molecular complexity index is 1000. The molecule has 0 radical (unpaired) electrons. The van der Waals surface area contributed by atoms with Crippen molar-refractivity contribution in [2.24, 2.45) is 5.92 Å². The fourth-order valence-corrected chi connectivity index (χ4v) is 4.69. The first-order valence-corrected chi connectivity index (χ1v) is 12.2. The Morgan fingerprint density at radius 1 is 1.16 bits per heavy atom. The summed E-state index contributed by atoms with van der Waals surface area (Å²) >= 11 is 0. The normalized spacial score (nSPS) is 19.9. The topological polar surface area (TPSA) is 90.9 Å². The molecule has 7 nitrogen and oxygen atoms in total. The van der Waals surface area contributed by atoms with Crippen molar-refractivity contribution in [2.45, 2.75) is 56.9 Å². The maximum absolute atomic E-state index is 12.9. The molecule has 0 aromatic heterocycles. The smallest absolute Gasteiger partial charge is 0.311 e. The van der Waals surface area contributed by atoms with E-state index in [0.717, 1.165) is 11.1 Å². The van der Waals surface area contributed by atoms with Crippen molar-refractivity contribution in [1.82, 2.24) is 4.72 Å². The highest BCUT2D eigenvalue weighted by molar-refractivity contribution is 7.89. The molecule has 3 atom stereocenters. The highest BCUT2D eigenvalue weighted by Gasteiger charge is 2.39. The Morgan fingerprint density at radius 3 is 2.41 bits per heavy atom. The second kappa shape index (κ2) is 10.1. The van der Waals surface area contributed by atoms with E-state index in [4.69, 9.17) is 14.2 Å². The van der Waals surface area contributed by atoms with Crippen LogP contribution >= 0.6 is 0 Å². The molecule has 0 spiro atoms. The summed E-state index contributed by atoms with van der Waals surface area (Å²) in [6.07, 6.45) is -0.0294. The van der Waals surface area contributed by atoms with Crippen LogP contribution in [0.4, 0.5) is 0 Å². The van der Waals surface area contributed by atoms with E-state index in [-0.39, 0.29) is 11.5 Å². The minimum atomic E-state index is -3.78. The summed E-state index contributed by atoms with van der Waals surface area (Å²) in [6.45, 7) is 7.40. The molecule has 1 saturated heterocycles. The summed E-state index contributed by atoms with van der Waals surface area (Å²) in [5.41, 5.74) is 1.90. The zero-order chi connectivity index (χ0) is 23.4. The summed E-state index contributed by atoms with van der Waals surface area (Å²) in [5.74, 6) is -1.73. The van der Waals surface area contributed by atoms with Gasteiger partial charge in [0.25, 0.3) is 0 Å². The van der Waals surface area contributed by atoms with Gasteiger partial charge in [0.15, 0.2) is 5.79 Å². The van der Waals surface area contributed by atoms with Crippen molar-refractivity contribution in [3.63, 3.8) is 0 Å². The molecule has 8 heteroatoms. The van der Waals surface area contributed by atoms with Gasteiger partial charge in [-0.2, -0.15) is 0 Å². The lowest BCUT2D eigenvalue weighted by molar-refractivity contribution is -0.162. The van der Waals surface area contributed by atoms with E-state index in [1.807, 2.05) is 37.3 Å². The van der Waals surface area contributed by atoms with Gasteiger partial charge in [0.2, 0.25) is 10.0 Å². The van der Waals surface area contributed by atoms with E-state index in [2.05, 4.69) is 4.72 Å². The highest BCUT2D eigenvalue weighted by atomic mass is 32.2. The molecule has 2 aromatic rings. The number of hydrogen-bond donors (Lipinski definition) is 1. The van der Waals surface area contributed by atoms with Gasteiger partial charge in [-0.25, -0.2) is 13.1 Å². The first-order valence-electron chi connectivity index (χ1n) is 10.7. The van der Waals surface area contributed by atoms with Gasteiger partial charge >= 0.3 is 5.97 Å². The van der Waals surface area contributed by atoms with Crippen molar-refractivity contribution < 1.29 is 27.4 Å². The van der Waals surface area contributed by atoms with Crippen LogP contribution in [0.1, 0.15) is 31.9 Å². The molecule has 0 amide bonds. The van der Waals surface area contributed by atoms with Crippen LogP contribution < -0.4 is 4.72 Å². The maximum Gasteiger partial charge on any atom is 0.311 e. The molecule has 0 bridgehead atoms. The summed E-state index contributed by atoms with van der Waals surface area (Å²) in [4.78, 5) is 12.8. The van der Waals surface area contributed by atoms with E-state index in [1.165, 1.54) is 0 Å². The van der Waals surface area contributed by atoms with Crippen molar-refractivity contribution >= 4 is 16.0 Å². The van der Waals surface area contributed by atoms with Gasteiger partial charge < -0.3 is 14.2 Å². The Labute approximate surface area is 190 Å². The van der Waals surface area contributed by atoms with Gasteiger partial charge in [-0.05, 0) is 51.8 Å². The Hall–Kier alpha value is -2.26. The number of nitrogens with one attached hydrogen (secondary N) is 1. The third kappa shape index (κ3) is 6.62. The molecule has 32 heavy (non-hydrogen) atoms. The molecule has 1 fully saturated rings. The molecule has 0 saturated carbocycles. The highest BCUT2D eigenvalue weighted by Crippen LogP contribution is 2.27. The standard InChI is InChI=1S/C24H31NO6S/c1-17-10-12-21(13-11-17)32(27,28)25-20(14-19-8-6-5-7-9-19)15-29-23(26)18(2)22-16-30-24(3,4)31-22/h5-13,18,20,22,25H,14-16H2,1-4H3/t18-,20-,22+/m1/s1. The quantitative estimate of drug-likeness (QED) is 0.577. The van der Waals surface area contributed by atoms with E-state index in [9.17, 15) is 13.2 Å². The molecule has 1 aliphatic heterocycles. The number of aryl methyl sites for hydroxylation is 1. The van der Waals surface area contributed by atoms with E-state index in [1.54, 1.807) is 45.0 Å². The molecule has 0 aliphatic carbocycles. The molecule has 1 heterocycles. The van der Waals surface area contributed by atoms with Gasteiger partial charge in [0, 0.05) is 0 Å². The van der Waals surface area contributed by atoms with Crippen molar-refractivity contribution in [3.05, 3.63) is 65.7 Å². The zero-order valence-electron chi connectivity index (χ0n) is 18.9. The monoisotopic (exact) mass is 461 g/mol. The van der Waals surface area contributed by atoms with Crippen LogP contribution in [0.15, 0.2) is 59.5 Å². The number of sulfonamides is 1. The molecule has 3 rings (SSSR count). The number of benzene rings is 2. The molecular formula is C24H31NO6S. The molecule has 0 unspecified atom stereocenters. The number of hydrogen-bond acceptors (Lipinski definition) is 6. The number of ether oxygens (including phenoxy) is 3. The fraction of sp³-hybridized carbons (Fsp3) is 0.458. The van der Waals surface area contributed by atoms with Crippen molar-refractivity contribution in [2.75, 3.05) is 13.2 Å². The predicted octanol–water partition coefficient (Wildman–Crippen LogP) is 3.22. The predicted molar refractivity (Wildman–Crippen MR) is 120 cm³/mol. The third-order valence-electron chi connectivity index (χ3n) is 5.36. The first kappa shape index (κ1) is 24.4. The second-order valence-corrected chi connectivity index (χ2v) is 10.3. The first-order chi connectivity index (χ1) is 15.1. The summed E-state index contributed by atoms with van der Waals surface area (Å²) in [7, 11) is -3.78. The van der Waals surface area contributed by atoms with Crippen LogP contribution in [0.25, 0.3) is 0 Å². The minimum absolute atomic E-state index is 0.0971. The molecule has 1 N–H and O–H groups in total. The minimum Gasteiger partial charge on any atom is -0.464 e. The van der Waals surface area contributed by atoms with Crippen LogP contribution in [0.3, 0.4) is 0 Å². The van der Waals surface area contributed by atoms with E-state index < -0.39 is 39.8 Å². The van der Waals surface area contributed by atoms with Crippen LogP contribution in [0, 0.1) is 12.8 Å². The maximum atomic E-state index is 12.9. The Morgan fingerprint density at radius 2 is 1.81 bits per heavy atom. The van der Waals surface area contributed by atoms with E-state index >= 15 is 0 Å². The summed E-state index contributed by atoms with van der Waals surface area (Å²) < 4.78 is 45.3. The summed E-state index contributed by atoms with van der Waals surface area (Å²) in [6, 6.07) is 15.4. The second-order valence-electron chi connectivity index (χ2n) is 8.61. The molecule has 2 aromatic carbocycles. The lowest BCUT2D eigenvalue weighted by Crippen LogP contribution is -2.41. The summed E-state index contributed by atoms with van der Waals surface area (Å²) in [5, 5.41) is 0. The van der Waals surface area contributed by atoms with Crippen LogP contribution in [-0.4, -0.2) is 45.5 Å². The van der Waals surface area contributed by atoms with Crippen LogP contribution in [-0.2, 0) is 35.4 Å². The van der Waals surface area contributed by atoms with Crippen LogP contribution in [0.5, 0.6) is 0 Å². The number of esters is 1. The SMILES string of the molecule is Cc1ccc(S(=O)(=O)N[C@@H](COC(=O)[C@H](C)[C@@H]2COC(C)(C)O2)Cc2ccccc2)cc1. The third-order valence-corrected chi connectivity index (χ3v) is 6.90. The van der Waals surface area contributed by atoms with Gasteiger partial charge in [-0.15, -0.1) is 0 Å². The zero-order valence-corrected chi connectivity index (χ0v) is 19.7. The average molecular weight is 462 g/mol. The van der Waals surface area contributed by atoms with Gasteiger partial charge in [0.1, 0.15) is 6.61 Å². The molecule has 174 valence electrons. The largest absolute Gasteiger partial charge is 0.464 e. The lowest BCUT2D eigenvalue weighted by Gasteiger charge is -2.22. The Balaban J connectivity index is 1.68. The van der Waals surface area contributed by atoms with Gasteiger partial charge in [0.05, 0.1) is 29.6 Å². The lowest BCUT2D eigenvalue weighted by atomic mass is 10.1. The number of rotatable bonds is 9. The van der Waals surface area contributed by atoms with Gasteiger partial charge in [-0.3, -0.25) is 4.79 Å². The molecule has 1 aliphatic rings. The van der Waals surface area contributed by atoms with Crippen molar-refractivity contribution in [1.29, 1.82) is 0 Å². The number of carbonyl (C=O) groups is 1. The average Bonchev–Trinajstić information content (AvgIpc) is 3.11. The van der Waals surface area contributed by atoms with Crippen molar-refractivity contribution in [3.8, 4) is 0 Å².